The second-order valence-electron chi connectivity index (χ2n) is 6.95. The molecule has 0 saturated carbocycles. The number of benzene rings is 1. The lowest BCUT2D eigenvalue weighted by Crippen LogP contribution is -2.50. The smallest absolute Gasteiger partial charge is 0.322 e. The summed E-state index contributed by atoms with van der Waals surface area (Å²) >= 11 is 0. The molecule has 1 atom stereocenters. The summed E-state index contributed by atoms with van der Waals surface area (Å²) in [5, 5.41) is 10.8. The first-order chi connectivity index (χ1) is 13.3. The van der Waals surface area contributed by atoms with Crippen LogP contribution in [0, 0.1) is 0 Å². The molecule has 2 amide bonds. The number of piperidine rings is 1. The molecule has 0 aromatic heterocycles. The Balaban J connectivity index is 1.70. The van der Waals surface area contributed by atoms with Gasteiger partial charge in [0.05, 0.1) is 4.90 Å². The third-order valence-corrected chi connectivity index (χ3v) is 6.94. The van der Waals surface area contributed by atoms with E-state index in [0.717, 1.165) is 12.8 Å². The van der Waals surface area contributed by atoms with E-state index in [1.54, 1.807) is 4.90 Å². The Labute approximate surface area is 163 Å². The van der Waals surface area contributed by atoms with E-state index in [0.29, 0.717) is 25.9 Å². The Kier molecular flexibility index (Phi) is 5.99. The van der Waals surface area contributed by atoms with Crippen molar-refractivity contribution in [3.05, 3.63) is 29.8 Å². The quantitative estimate of drug-likeness (QED) is 0.695. The third kappa shape index (κ3) is 4.33. The van der Waals surface area contributed by atoms with Crippen molar-refractivity contribution in [3.8, 4) is 0 Å². The first-order valence-electron chi connectivity index (χ1n) is 9.19. The molecule has 0 radical (unpaired) electrons. The monoisotopic (exact) mass is 409 g/mol. The highest BCUT2D eigenvalue weighted by Crippen LogP contribution is 2.26. The minimum Gasteiger partial charge on any atom is -0.480 e. The highest BCUT2D eigenvalue weighted by atomic mass is 32.2. The molecule has 2 heterocycles. The average molecular weight is 409 g/mol. The second-order valence-corrected chi connectivity index (χ2v) is 8.89. The van der Waals surface area contributed by atoms with Crippen LogP contribution in [0.1, 0.15) is 36.0 Å². The molecule has 9 nitrogen and oxygen atoms in total. The van der Waals surface area contributed by atoms with Crippen LogP contribution >= 0.6 is 0 Å². The number of hydrogen-bond donors (Lipinski definition) is 2. The lowest BCUT2D eigenvalue weighted by molar-refractivity contribution is -0.135. The van der Waals surface area contributed by atoms with E-state index in [9.17, 15) is 22.8 Å². The summed E-state index contributed by atoms with van der Waals surface area (Å²) in [7, 11) is -3.74. The van der Waals surface area contributed by atoms with Gasteiger partial charge >= 0.3 is 5.97 Å². The minimum absolute atomic E-state index is 0.0654. The number of rotatable bonds is 6. The van der Waals surface area contributed by atoms with Crippen molar-refractivity contribution in [1.82, 2.24) is 14.5 Å². The summed E-state index contributed by atoms with van der Waals surface area (Å²) in [6.07, 6.45) is 2.81. The first kappa shape index (κ1) is 20.3. The van der Waals surface area contributed by atoms with Crippen molar-refractivity contribution in [2.24, 2.45) is 0 Å². The number of aliphatic carboxylic acids is 1. The standard InChI is InChI=1S/C18H23N3O6S/c22-16-4-2-10-21(16)14-3-1-9-20(12-14)28(26,27)15-7-5-13(6-8-15)18(25)19-11-17(23)24/h5-8,14H,1-4,9-12H2,(H,19,25)(H,23,24). The topological polar surface area (TPSA) is 124 Å². The lowest BCUT2D eigenvalue weighted by Gasteiger charge is -2.36. The average Bonchev–Trinajstić information content (AvgIpc) is 3.12. The van der Waals surface area contributed by atoms with E-state index < -0.39 is 28.4 Å². The van der Waals surface area contributed by atoms with Gasteiger partial charge < -0.3 is 15.3 Å². The fourth-order valence-electron chi connectivity index (χ4n) is 3.63. The normalized spacial score (nSPS) is 20.9. The van der Waals surface area contributed by atoms with Gasteiger partial charge in [-0.05, 0) is 43.5 Å². The van der Waals surface area contributed by atoms with Crippen LogP contribution in [0.2, 0.25) is 0 Å². The Hall–Kier alpha value is -2.46. The molecule has 152 valence electrons. The van der Waals surface area contributed by atoms with Gasteiger partial charge in [-0.25, -0.2) is 8.42 Å². The second kappa shape index (κ2) is 8.27. The van der Waals surface area contributed by atoms with E-state index in [4.69, 9.17) is 5.11 Å². The van der Waals surface area contributed by atoms with Crippen LogP contribution in [-0.2, 0) is 19.6 Å². The summed E-state index contributed by atoms with van der Waals surface area (Å²) in [5.74, 6) is -1.67. The molecule has 2 aliphatic heterocycles. The Morgan fingerprint density at radius 3 is 2.46 bits per heavy atom. The summed E-state index contributed by atoms with van der Waals surface area (Å²) in [6.45, 7) is 0.831. The lowest BCUT2D eigenvalue weighted by atomic mass is 10.1. The number of hydrogen-bond acceptors (Lipinski definition) is 5. The molecule has 0 bridgehead atoms. The van der Waals surface area contributed by atoms with Crippen molar-refractivity contribution in [2.75, 3.05) is 26.2 Å². The van der Waals surface area contributed by atoms with Gasteiger partial charge in [0.15, 0.2) is 0 Å². The predicted octanol–water partition coefficient (Wildman–Crippen LogP) is 0.277. The molecular formula is C18H23N3O6S. The van der Waals surface area contributed by atoms with Gasteiger partial charge in [-0.2, -0.15) is 4.31 Å². The molecule has 0 spiro atoms. The van der Waals surface area contributed by atoms with E-state index in [-0.39, 0.29) is 29.0 Å². The molecule has 1 aromatic rings. The summed E-state index contributed by atoms with van der Waals surface area (Å²) < 4.78 is 27.3. The molecule has 10 heteroatoms. The number of carboxylic acid groups (broad SMARTS) is 1. The molecule has 2 aliphatic rings. The SMILES string of the molecule is O=C(O)CNC(=O)c1ccc(S(=O)(=O)N2CCCC(N3CCCC3=O)C2)cc1. The fourth-order valence-corrected chi connectivity index (χ4v) is 5.15. The molecule has 28 heavy (non-hydrogen) atoms. The number of carbonyl (C=O) groups excluding carboxylic acids is 2. The molecule has 0 aliphatic carbocycles. The zero-order valence-corrected chi connectivity index (χ0v) is 16.2. The Bertz CT molecular complexity index is 868. The predicted molar refractivity (Wildman–Crippen MR) is 99.1 cm³/mol. The van der Waals surface area contributed by atoms with E-state index >= 15 is 0 Å². The molecular weight excluding hydrogens is 386 g/mol. The molecule has 3 rings (SSSR count). The summed E-state index contributed by atoms with van der Waals surface area (Å²) in [4.78, 5) is 36.2. The van der Waals surface area contributed by atoms with Gasteiger partial charge in [-0.1, -0.05) is 0 Å². The molecule has 1 aromatic carbocycles. The van der Waals surface area contributed by atoms with Crippen molar-refractivity contribution in [2.45, 2.75) is 36.6 Å². The fraction of sp³-hybridized carbons (Fsp3) is 0.500. The van der Waals surface area contributed by atoms with Crippen LogP contribution in [0.5, 0.6) is 0 Å². The number of carbonyl (C=O) groups is 3. The van der Waals surface area contributed by atoms with E-state index in [1.807, 2.05) is 0 Å². The van der Waals surface area contributed by atoms with E-state index in [2.05, 4.69) is 5.32 Å². The molecule has 2 saturated heterocycles. The van der Waals surface area contributed by atoms with Crippen LogP contribution in [-0.4, -0.2) is 72.7 Å². The van der Waals surface area contributed by atoms with Crippen LogP contribution in [0.15, 0.2) is 29.2 Å². The zero-order chi connectivity index (χ0) is 20.3. The number of nitrogens with one attached hydrogen (secondary N) is 1. The highest BCUT2D eigenvalue weighted by Gasteiger charge is 2.35. The molecule has 2 N–H and O–H groups in total. The van der Waals surface area contributed by atoms with Crippen molar-refractivity contribution in [1.29, 1.82) is 0 Å². The van der Waals surface area contributed by atoms with Crippen LogP contribution in [0.4, 0.5) is 0 Å². The molecule has 1 unspecified atom stereocenters. The zero-order valence-electron chi connectivity index (χ0n) is 15.3. The largest absolute Gasteiger partial charge is 0.480 e. The first-order valence-corrected chi connectivity index (χ1v) is 10.6. The van der Waals surface area contributed by atoms with Gasteiger partial charge in [0.2, 0.25) is 15.9 Å². The summed E-state index contributed by atoms with van der Waals surface area (Å²) in [5.41, 5.74) is 0.180. The highest BCUT2D eigenvalue weighted by molar-refractivity contribution is 7.89. The number of amides is 2. The minimum atomic E-state index is -3.74. The number of carboxylic acids is 1. The maximum atomic E-state index is 13.0. The maximum absolute atomic E-state index is 13.0. The van der Waals surface area contributed by atoms with Crippen LogP contribution in [0.25, 0.3) is 0 Å². The van der Waals surface area contributed by atoms with Gasteiger partial charge in [0.1, 0.15) is 6.54 Å². The van der Waals surface area contributed by atoms with Gasteiger partial charge in [0, 0.05) is 37.7 Å². The summed E-state index contributed by atoms with van der Waals surface area (Å²) in [6, 6.07) is 5.30. The Morgan fingerprint density at radius 2 is 1.86 bits per heavy atom. The van der Waals surface area contributed by atoms with Crippen LogP contribution in [0.3, 0.4) is 0 Å². The van der Waals surface area contributed by atoms with Crippen molar-refractivity contribution < 1.29 is 27.9 Å². The third-order valence-electron chi connectivity index (χ3n) is 5.06. The molecule has 2 fully saturated rings. The van der Waals surface area contributed by atoms with Crippen LogP contribution < -0.4 is 5.32 Å². The van der Waals surface area contributed by atoms with Gasteiger partial charge in [-0.3, -0.25) is 14.4 Å². The number of nitrogens with zero attached hydrogens (tertiary/aromatic N) is 2. The van der Waals surface area contributed by atoms with Gasteiger partial charge in [-0.15, -0.1) is 0 Å². The van der Waals surface area contributed by atoms with Gasteiger partial charge in [0.25, 0.3) is 5.91 Å². The number of sulfonamides is 1. The number of likely N-dealkylation sites (tertiary alicyclic amines) is 1. The maximum Gasteiger partial charge on any atom is 0.322 e. The van der Waals surface area contributed by atoms with Crippen molar-refractivity contribution in [3.63, 3.8) is 0 Å². The Morgan fingerprint density at radius 1 is 1.14 bits per heavy atom. The van der Waals surface area contributed by atoms with E-state index in [1.165, 1.54) is 28.6 Å². The van der Waals surface area contributed by atoms with Crippen molar-refractivity contribution >= 4 is 27.8 Å².